The summed E-state index contributed by atoms with van der Waals surface area (Å²) >= 11 is 1.76. The summed E-state index contributed by atoms with van der Waals surface area (Å²) in [7, 11) is 1.69. The topological polar surface area (TPSA) is 36.9 Å². The molecule has 1 spiro atoms. The Morgan fingerprint density at radius 2 is 1.96 bits per heavy atom. The lowest BCUT2D eigenvalue weighted by Gasteiger charge is -2.36. The molecule has 3 atom stereocenters. The molecular formula is C20H20O4S. The van der Waals surface area contributed by atoms with Crippen LogP contribution in [0.3, 0.4) is 0 Å². The maximum Gasteiger partial charge on any atom is 0.225 e. The van der Waals surface area contributed by atoms with E-state index >= 15 is 0 Å². The molecule has 0 bridgehead atoms. The Kier molecular flexibility index (Phi) is 3.78. The van der Waals surface area contributed by atoms with E-state index in [0.29, 0.717) is 12.5 Å². The lowest BCUT2D eigenvalue weighted by Crippen LogP contribution is -2.34. The van der Waals surface area contributed by atoms with Gasteiger partial charge in [-0.05, 0) is 30.7 Å². The number of benzene rings is 2. The summed E-state index contributed by atoms with van der Waals surface area (Å²) in [6.07, 6.45) is 1.09. The Morgan fingerprint density at radius 3 is 2.80 bits per heavy atom. The second-order valence-corrected chi connectivity index (χ2v) is 7.75. The Morgan fingerprint density at radius 1 is 1.08 bits per heavy atom. The Bertz CT molecular complexity index is 802. The SMILES string of the molecule is COc1ccc2c(c1)C1(OCC(C3CCOC3)O1)c1ccccc1S2. The van der Waals surface area contributed by atoms with Crippen LogP contribution in [0.2, 0.25) is 0 Å². The van der Waals surface area contributed by atoms with Crippen LogP contribution in [0.15, 0.2) is 52.3 Å². The van der Waals surface area contributed by atoms with Gasteiger partial charge < -0.3 is 18.9 Å². The van der Waals surface area contributed by atoms with Gasteiger partial charge in [0.2, 0.25) is 5.79 Å². The van der Waals surface area contributed by atoms with E-state index in [0.717, 1.165) is 41.4 Å². The number of fused-ring (bicyclic) bond motifs is 4. The molecule has 2 fully saturated rings. The van der Waals surface area contributed by atoms with Crippen molar-refractivity contribution in [3.63, 3.8) is 0 Å². The summed E-state index contributed by atoms with van der Waals surface area (Å²) in [5.41, 5.74) is 2.12. The van der Waals surface area contributed by atoms with Gasteiger partial charge in [0.1, 0.15) is 5.75 Å². The molecule has 3 aliphatic rings. The van der Waals surface area contributed by atoms with Crippen molar-refractivity contribution in [2.24, 2.45) is 5.92 Å². The lowest BCUT2D eigenvalue weighted by atomic mass is 9.95. The molecule has 0 aliphatic carbocycles. The highest BCUT2D eigenvalue weighted by molar-refractivity contribution is 7.99. The molecule has 4 nitrogen and oxygen atoms in total. The largest absolute Gasteiger partial charge is 0.497 e. The van der Waals surface area contributed by atoms with Crippen molar-refractivity contribution in [1.29, 1.82) is 0 Å². The second kappa shape index (κ2) is 6.02. The molecule has 2 aromatic rings. The van der Waals surface area contributed by atoms with E-state index < -0.39 is 5.79 Å². The van der Waals surface area contributed by atoms with Crippen molar-refractivity contribution in [1.82, 2.24) is 0 Å². The lowest BCUT2D eigenvalue weighted by molar-refractivity contribution is -0.152. The van der Waals surface area contributed by atoms with Crippen LogP contribution in [0, 0.1) is 5.92 Å². The summed E-state index contributed by atoms with van der Waals surface area (Å²) in [5.74, 6) is 0.368. The van der Waals surface area contributed by atoms with Gasteiger partial charge in [-0.2, -0.15) is 0 Å². The molecule has 5 heteroatoms. The van der Waals surface area contributed by atoms with Crippen LogP contribution >= 0.6 is 11.8 Å². The van der Waals surface area contributed by atoms with Crippen molar-refractivity contribution < 1.29 is 18.9 Å². The fraction of sp³-hybridized carbons (Fsp3) is 0.400. The van der Waals surface area contributed by atoms with Gasteiger partial charge in [0.25, 0.3) is 0 Å². The highest BCUT2D eigenvalue weighted by Crippen LogP contribution is 2.54. The Hall–Kier alpha value is -1.53. The average Bonchev–Trinajstić information content (AvgIpc) is 3.32. The summed E-state index contributed by atoms with van der Waals surface area (Å²) in [4.78, 5) is 2.34. The summed E-state index contributed by atoms with van der Waals surface area (Å²) in [6.45, 7) is 2.16. The molecule has 0 N–H and O–H groups in total. The first-order chi connectivity index (χ1) is 12.3. The smallest absolute Gasteiger partial charge is 0.225 e. The molecule has 0 radical (unpaired) electrons. The highest BCUT2D eigenvalue weighted by atomic mass is 32.2. The van der Waals surface area contributed by atoms with Crippen LogP contribution < -0.4 is 4.74 Å². The predicted octanol–water partition coefficient (Wildman–Crippen LogP) is 3.81. The predicted molar refractivity (Wildman–Crippen MR) is 94.1 cm³/mol. The van der Waals surface area contributed by atoms with Crippen LogP contribution in [0.4, 0.5) is 0 Å². The Labute approximate surface area is 151 Å². The molecule has 3 aliphatic heterocycles. The van der Waals surface area contributed by atoms with E-state index in [1.165, 1.54) is 4.90 Å². The standard InChI is InChI=1S/C20H20O4S/c1-21-14-6-7-19-16(10-14)20(15-4-2-3-5-18(15)25-19)23-12-17(24-20)13-8-9-22-11-13/h2-7,10,13,17H,8-9,11-12H2,1H3. The fourth-order valence-electron chi connectivity index (χ4n) is 3.91. The monoisotopic (exact) mass is 356 g/mol. The van der Waals surface area contributed by atoms with Crippen molar-refractivity contribution in [3.8, 4) is 5.75 Å². The zero-order valence-corrected chi connectivity index (χ0v) is 14.9. The van der Waals surface area contributed by atoms with Crippen LogP contribution in [0.5, 0.6) is 5.75 Å². The van der Waals surface area contributed by atoms with Gasteiger partial charge >= 0.3 is 0 Å². The molecule has 3 heterocycles. The fourth-order valence-corrected chi connectivity index (χ4v) is 5.05. The number of hydrogen-bond acceptors (Lipinski definition) is 5. The quantitative estimate of drug-likeness (QED) is 0.818. The third-order valence-corrected chi connectivity index (χ3v) is 6.41. The van der Waals surface area contributed by atoms with Crippen LogP contribution in [-0.2, 0) is 20.0 Å². The van der Waals surface area contributed by atoms with Gasteiger partial charge in [-0.15, -0.1) is 0 Å². The van der Waals surface area contributed by atoms with Gasteiger partial charge in [0, 0.05) is 33.4 Å². The first-order valence-corrected chi connectivity index (χ1v) is 9.47. The molecule has 130 valence electrons. The van der Waals surface area contributed by atoms with E-state index in [1.807, 2.05) is 18.2 Å². The van der Waals surface area contributed by atoms with Gasteiger partial charge in [-0.25, -0.2) is 0 Å². The van der Waals surface area contributed by atoms with E-state index in [-0.39, 0.29) is 6.10 Å². The molecule has 3 unspecified atom stereocenters. The molecule has 0 saturated carbocycles. The summed E-state index contributed by atoms with van der Waals surface area (Å²) in [6, 6.07) is 14.5. The maximum atomic E-state index is 6.66. The molecule has 2 aromatic carbocycles. The Balaban J connectivity index is 1.63. The normalized spacial score (nSPS) is 30.3. The third-order valence-electron chi connectivity index (χ3n) is 5.26. The molecule has 5 rings (SSSR count). The minimum absolute atomic E-state index is 0.0534. The minimum Gasteiger partial charge on any atom is -0.497 e. The first kappa shape index (κ1) is 15.7. The minimum atomic E-state index is -0.848. The van der Waals surface area contributed by atoms with Crippen molar-refractivity contribution in [2.75, 3.05) is 26.9 Å². The van der Waals surface area contributed by atoms with Crippen molar-refractivity contribution >= 4 is 11.8 Å². The van der Waals surface area contributed by atoms with Crippen molar-refractivity contribution in [2.45, 2.75) is 28.1 Å². The zero-order valence-electron chi connectivity index (χ0n) is 14.1. The average molecular weight is 356 g/mol. The second-order valence-electron chi connectivity index (χ2n) is 6.67. The zero-order chi connectivity index (χ0) is 16.9. The number of ether oxygens (including phenoxy) is 4. The van der Waals surface area contributed by atoms with E-state index in [2.05, 4.69) is 24.3 Å². The molecule has 2 saturated heterocycles. The molecular weight excluding hydrogens is 336 g/mol. The highest BCUT2D eigenvalue weighted by Gasteiger charge is 2.51. The first-order valence-electron chi connectivity index (χ1n) is 8.65. The van der Waals surface area contributed by atoms with E-state index in [4.69, 9.17) is 18.9 Å². The summed E-state index contributed by atoms with van der Waals surface area (Å²) in [5, 5.41) is 0. The number of rotatable bonds is 2. The van der Waals surface area contributed by atoms with E-state index in [9.17, 15) is 0 Å². The number of hydrogen-bond donors (Lipinski definition) is 0. The maximum absolute atomic E-state index is 6.66. The van der Waals surface area contributed by atoms with Crippen LogP contribution in [0.25, 0.3) is 0 Å². The number of methoxy groups -OCH3 is 1. The van der Waals surface area contributed by atoms with Crippen molar-refractivity contribution in [3.05, 3.63) is 53.6 Å². The van der Waals surface area contributed by atoms with Crippen LogP contribution in [-0.4, -0.2) is 33.0 Å². The molecule has 25 heavy (non-hydrogen) atoms. The molecule has 0 amide bonds. The molecule has 0 aromatic heterocycles. The van der Waals surface area contributed by atoms with Gasteiger partial charge in [-0.3, -0.25) is 0 Å². The summed E-state index contributed by atoms with van der Waals surface area (Å²) < 4.78 is 24.1. The van der Waals surface area contributed by atoms with E-state index in [1.54, 1.807) is 18.9 Å². The van der Waals surface area contributed by atoms with Crippen LogP contribution in [0.1, 0.15) is 17.5 Å². The van der Waals surface area contributed by atoms with Gasteiger partial charge in [0.15, 0.2) is 0 Å². The van der Waals surface area contributed by atoms with Gasteiger partial charge in [-0.1, -0.05) is 30.0 Å². The third kappa shape index (κ3) is 2.41. The van der Waals surface area contributed by atoms with Gasteiger partial charge in [0.05, 0.1) is 26.4 Å².